The van der Waals surface area contributed by atoms with Crippen molar-refractivity contribution in [3.63, 3.8) is 0 Å². The Kier molecular flexibility index (Phi) is 3.62. The average molecular weight is 336 g/mol. The summed E-state index contributed by atoms with van der Waals surface area (Å²) in [5, 5.41) is 1.95. The molecule has 24 heavy (non-hydrogen) atoms. The zero-order chi connectivity index (χ0) is 16.9. The van der Waals surface area contributed by atoms with E-state index in [1.54, 1.807) is 0 Å². The summed E-state index contributed by atoms with van der Waals surface area (Å²) >= 11 is 0. The van der Waals surface area contributed by atoms with Gasteiger partial charge in [0.15, 0.2) is 0 Å². The molecule has 3 fully saturated rings. The topological polar surface area (TPSA) is 17.1 Å². The summed E-state index contributed by atoms with van der Waals surface area (Å²) in [6.45, 7) is 9.16. The molecule has 0 aromatic heterocycles. The fourth-order valence-electron chi connectivity index (χ4n) is 4.89. The maximum atomic E-state index is 14.5. The van der Waals surface area contributed by atoms with Crippen LogP contribution in [0, 0.1) is 17.3 Å². The Morgan fingerprint density at radius 1 is 0.917 bits per heavy atom. The third-order valence-electron chi connectivity index (χ3n) is 6.57. The van der Waals surface area contributed by atoms with Crippen molar-refractivity contribution in [2.24, 2.45) is 17.3 Å². The van der Waals surface area contributed by atoms with Gasteiger partial charge in [0, 0.05) is 16.3 Å². The van der Waals surface area contributed by atoms with Gasteiger partial charge in [-0.25, -0.2) is 0 Å². The van der Waals surface area contributed by atoms with Gasteiger partial charge in [-0.1, -0.05) is 86.7 Å². The molecule has 5 rings (SSSR count). The lowest BCUT2D eigenvalue weighted by molar-refractivity contribution is -0.0258. The lowest BCUT2D eigenvalue weighted by Gasteiger charge is -2.60. The molecule has 2 heteroatoms. The summed E-state index contributed by atoms with van der Waals surface area (Å²) < 4.78 is 14.5. The Morgan fingerprint density at radius 3 is 1.83 bits per heavy atom. The van der Waals surface area contributed by atoms with Crippen LogP contribution in [-0.2, 0) is 4.57 Å². The molecule has 3 atom stereocenters. The Hall–Kier alpha value is -1.59. The quantitative estimate of drug-likeness (QED) is 0.570. The van der Waals surface area contributed by atoms with E-state index in [2.05, 4.69) is 20.4 Å². The van der Waals surface area contributed by atoms with Crippen molar-refractivity contribution in [2.45, 2.75) is 32.3 Å². The summed E-state index contributed by atoms with van der Waals surface area (Å²) in [6, 6.07) is 20.1. The largest absolute Gasteiger partial charge is 0.313 e. The molecule has 0 amide bonds. The molecule has 3 saturated carbocycles. The molecular formula is C22H25OP. The summed E-state index contributed by atoms with van der Waals surface area (Å²) in [7, 11) is -2.72. The standard InChI is InChI=1S/C22H25OP/c1-16-20-14-17(22(20,2)3)15-21(16)24(23,18-10-6-4-7-11-18)19-12-8-5-9-13-19/h4-13,17,20-21H,1,14-15H2,2-3H3/t17-,20+,21+/m1/s1. The molecule has 0 N–H and O–H groups in total. The van der Waals surface area contributed by atoms with Gasteiger partial charge >= 0.3 is 0 Å². The van der Waals surface area contributed by atoms with Crippen LogP contribution in [0.3, 0.4) is 0 Å². The third-order valence-corrected chi connectivity index (χ3v) is 10.1. The van der Waals surface area contributed by atoms with E-state index < -0.39 is 7.14 Å². The molecule has 0 unspecified atom stereocenters. The van der Waals surface area contributed by atoms with Gasteiger partial charge < -0.3 is 4.57 Å². The maximum absolute atomic E-state index is 14.5. The second-order valence-corrected chi connectivity index (χ2v) is 10.9. The van der Waals surface area contributed by atoms with Gasteiger partial charge in [-0.15, -0.1) is 0 Å². The Balaban J connectivity index is 1.84. The van der Waals surface area contributed by atoms with E-state index in [1.807, 2.05) is 60.7 Å². The third kappa shape index (κ3) is 2.11. The van der Waals surface area contributed by atoms with Crippen molar-refractivity contribution in [3.8, 4) is 0 Å². The smallest absolute Gasteiger partial charge is 0.150 e. The highest BCUT2D eigenvalue weighted by Gasteiger charge is 2.58. The van der Waals surface area contributed by atoms with Crippen LogP contribution in [0.2, 0.25) is 0 Å². The van der Waals surface area contributed by atoms with Crippen LogP contribution in [0.1, 0.15) is 26.7 Å². The number of rotatable bonds is 3. The van der Waals surface area contributed by atoms with Crippen molar-refractivity contribution < 1.29 is 4.57 Å². The summed E-state index contributed by atoms with van der Waals surface area (Å²) in [4.78, 5) is 0. The Bertz CT molecular complexity index is 763. The van der Waals surface area contributed by atoms with E-state index in [9.17, 15) is 4.57 Å². The fourth-order valence-corrected chi connectivity index (χ4v) is 8.33. The second kappa shape index (κ2) is 5.46. The minimum atomic E-state index is -2.72. The van der Waals surface area contributed by atoms with Gasteiger partial charge in [0.1, 0.15) is 7.14 Å². The van der Waals surface area contributed by atoms with Crippen LogP contribution in [0.15, 0.2) is 72.8 Å². The predicted octanol–water partition coefficient (Wildman–Crippen LogP) is 4.99. The van der Waals surface area contributed by atoms with Crippen molar-refractivity contribution >= 4 is 17.8 Å². The first-order chi connectivity index (χ1) is 11.5. The van der Waals surface area contributed by atoms with E-state index in [-0.39, 0.29) is 5.66 Å². The van der Waals surface area contributed by atoms with Gasteiger partial charge in [-0.3, -0.25) is 0 Å². The van der Waals surface area contributed by atoms with Crippen molar-refractivity contribution in [3.05, 3.63) is 72.8 Å². The molecule has 2 bridgehead atoms. The first-order valence-electron chi connectivity index (χ1n) is 8.85. The van der Waals surface area contributed by atoms with Crippen LogP contribution < -0.4 is 10.6 Å². The first kappa shape index (κ1) is 15.9. The molecule has 0 spiro atoms. The molecule has 124 valence electrons. The van der Waals surface area contributed by atoms with E-state index in [4.69, 9.17) is 0 Å². The fraction of sp³-hybridized carbons (Fsp3) is 0.364. The molecule has 2 aromatic rings. The highest BCUT2D eigenvalue weighted by Crippen LogP contribution is 2.68. The highest BCUT2D eigenvalue weighted by molar-refractivity contribution is 7.79. The second-order valence-electron chi connectivity index (χ2n) is 7.96. The van der Waals surface area contributed by atoms with Crippen LogP contribution >= 0.6 is 7.14 Å². The zero-order valence-electron chi connectivity index (χ0n) is 14.5. The van der Waals surface area contributed by atoms with Crippen molar-refractivity contribution in [2.75, 3.05) is 0 Å². The monoisotopic (exact) mass is 336 g/mol. The van der Waals surface area contributed by atoms with Gasteiger partial charge in [0.2, 0.25) is 0 Å². The minimum absolute atomic E-state index is 0.0825. The van der Waals surface area contributed by atoms with E-state index in [1.165, 1.54) is 12.0 Å². The van der Waals surface area contributed by atoms with Gasteiger partial charge in [0.05, 0.1) is 0 Å². The summed E-state index contributed by atoms with van der Waals surface area (Å²) in [5.41, 5.74) is 1.63. The van der Waals surface area contributed by atoms with Crippen LogP contribution in [0.4, 0.5) is 0 Å². The maximum Gasteiger partial charge on any atom is 0.150 e. The Morgan fingerprint density at radius 2 is 1.42 bits per heavy atom. The number of allylic oxidation sites excluding steroid dienone is 1. The van der Waals surface area contributed by atoms with Gasteiger partial charge in [0.25, 0.3) is 0 Å². The molecule has 3 aliphatic rings. The molecule has 0 aliphatic heterocycles. The minimum Gasteiger partial charge on any atom is -0.313 e. The molecule has 1 nitrogen and oxygen atoms in total. The number of hydrogen-bond acceptors (Lipinski definition) is 1. The average Bonchev–Trinajstić information content (AvgIpc) is 2.62. The lowest BCUT2D eigenvalue weighted by Crippen LogP contribution is -2.54. The van der Waals surface area contributed by atoms with Crippen molar-refractivity contribution in [1.29, 1.82) is 0 Å². The SMILES string of the molecule is C=C1[C@@H]2C[C@H](C[C@@H]1P(=O)(c1ccccc1)c1ccccc1)C2(C)C. The molecule has 3 aliphatic carbocycles. The zero-order valence-corrected chi connectivity index (χ0v) is 15.4. The molecule has 2 aromatic carbocycles. The normalized spacial score (nSPS) is 28.2. The number of benzene rings is 2. The first-order valence-corrected chi connectivity index (χ1v) is 10.6. The van der Waals surface area contributed by atoms with Crippen LogP contribution in [0.25, 0.3) is 0 Å². The lowest BCUT2D eigenvalue weighted by atomic mass is 9.47. The number of fused-ring (bicyclic) bond motifs is 2. The summed E-state index contributed by atoms with van der Waals surface area (Å²) in [5.74, 6) is 1.18. The van der Waals surface area contributed by atoms with E-state index in [0.29, 0.717) is 17.3 Å². The number of hydrogen-bond donors (Lipinski definition) is 0. The highest BCUT2D eigenvalue weighted by atomic mass is 31.2. The van der Waals surface area contributed by atoms with Crippen LogP contribution in [-0.4, -0.2) is 5.66 Å². The van der Waals surface area contributed by atoms with Gasteiger partial charge in [-0.05, 0) is 30.1 Å². The molecule has 0 radical (unpaired) electrons. The predicted molar refractivity (Wildman–Crippen MR) is 103 cm³/mol. The molecule has 0 saturated heterocycles. The van der Waals surface area contributed by atoms with Gasteiger partial charge in [-0.2, -0.15) is 0 Å². The molecular weight excluding hydrogens is 311 g/mol. The van der Waals surface area contributed by atoms with E-state index in [0.717, 1.165) is 17.0 Å². The summed E-state index contributed by atoms with van der Waals surface area (Å²) in [6.07, 6.45) is 2.23. The Labute approximate surface area is 145 Å². The molecule has 0 heterocycles. The van der Waals surface area contributed by atoms with Crippen molar-refractivity contribution in [1.82, 2.24) is 0 Å². The van der Waals surface area contributed by atoms with E-state index >= 15 is 0 Å². The van der Waals surface area contributed by atoms with Crippen LogP contribution in [0.5, 0.6) is 0 Å².